The average Bonchev–Trinajstić information content (AvgIpc) is 2.93. The topological polar surface area (TPSA) is 99.0 Å². The van der Waals surface area contributed by atoms with E-state index in [1.165, 1.54) is 0 Å². The number of nitrogens with zero attached hydrogens (tertiary/aromatic N) is 2. The zero-order chi connectivity index (χ0) is 14.4. The van der Waals surface area contributed by atoms with E-state index in [0.717, 1.165) is 31.6 Å². The molecule has 106 valence electrons. The smallest absolute Gasteiger partial charge is 0.248 e. The predicted molar refractivity (Wildman–Crippen MR) is 79.3 cm³/mol. The minimum absolute atomic E-state index is 0.451. The molecule has 0 aliphatic carbocycles. The van der Waals surface area contributed by atoms with Gasteiger partial charge in [0.25, 0.3) is 0 Å². The van der Waals surface area contributed by atoms with E-state index in [0.29, 0.717) is 11.3 Å². The zero-order valence-corrected chi connectivity index (χ0v) is 11.2. The van der Waals surface area contributed by atoms with Gasteiger partial charge < -0.3 is 21.4 Å². The van der Waals surface area contributed by atoms with E-state index >= 15 is 0 Å². The molecule has 1 aromatic carbocycles. The van der Waals surface area contributed by atoms with E-state index in [-0.39, 0.29) is 0 Å². The lowest BCUT2D eigenvalue weighted by molar-refractivity contribution is 0.100. The first kappa shape index (κ1) is 13.9. The highest BCUT2D eigenvalue weighted by molar-refractivity contribution is 5.94. The molecule has 0 aliphatic heterocycles. The Morgan fingerprint density at radius 3 is 2.90 bits per heavy atom. The molecule has 0 bridgehead atoms. The van der Waals surface area contributed by atoms with Gasteiger partial charge in [0, 0.05) is 31.0 Å². The van der Waals surface area contributed by atoms with Crippen molar-refractivity contribution in [3.05, 3.63) is 42.5 Å². The zero-order valence-electron chi connectivity index (χ0n) is 11.2. The Balaban J connectivity index is 1.78. The second kappa shape index (κ2) is 6.60. The standard InChI is InChI=1S/C14H19N5O/c15-12-4-3-11(14(16)20)9-13(12)18-5-1-2-7-19-8-6-17-10-19/h3-4,6,8-10,18H,1-2,5,7,15H2,(H2,16,20). The van der Waals surface area contributed by atoms with Crippen LogP contribution in [0.5, 0.6) is 0 Å². The molecule has 0 saturated heterocycles. The summed E-state index contributed by atoms with van der Waals surface area (Å²) in [6.45, 7) is 1.74. The minimum Gasteiger partial charge on any atom is -0.397 e. The number of benzene rings is 1. The highest BCUT2D eigenvalue weighted by atomic mass is 16.1. The fourth-order valence-corrected chi connectivity index (χ4v) is 1.92. The maximum Gasteiger partial charge on any atom is 0.248 e. The van der Waals surface area contributed by atoms with Crippen LogP contribution in [0.15, 0.2) is 36.9 Å². The number of unbranched alkanes of at least 4 members (excludes halogenated alkanes) is 1. The summed E-state index contributed by atoms with van der Waals surface area (Å²) in [4.78, 5) is 15.1. The normalized spacial score (nSPS) is 10.4. The fraction of sp³-hybridized carbons (Fsp3) is 0.286. The fourth-order valence-electron chi connectivity index (χ4n) is 1.92. The van der Waals surface area contributed by atoms with Gasteiger partial charge in [0.2, 0.25) is 5.91 Å². The van der Waals surface area contributed by atoms with Gasteiger partial charge in [-0.25, -0.2) is 4.98 Å². The summed E-state index contributed by atoms with van der Waals surface area (Å²) >= 11 is 0. The Morgan fingerprint density at radius 2 is 2.20 bits per heavy atom. The first-order valence-corrected chi connectivity index (χ1v) is 6.56. The SMILES string of the molecule is NC(=O)c1ccc(N)c(NCCCCn2ccnc2)c1. The van der Waals surface area contributed by atoms with Gasteiger partial charge in [0.15, 0.2) is 0 Å². The number of amides is 1. The summed E-state index contributed by atoms with van der Waals surface area (Å²) in [5.41, 5.74) is 12.9. The quantitative estimate of drug-likeness (QED) is 0.525. The molecule has 0 saturated carbocycles. The van der Waals surface area contributed by atoms with Gasteiger partial charge in [0.05, 0.1) is 17.7 Å². The molecule has 5 N–H and O–H groups in total. The number of anilines is 2. The maximum atomic E-state index is 11.1. The third kappa shape index (κ3) is 3.74. The minimum atomic E-state index is -0.451. The van der Waals surface area contributed by atoms with Crippen molar-refractivity contribution >= 4 is 17.3 Å². The number of hydrogen-bond acceptors (Lipinski definition) is 4. The Bertz CT molecular complexity index is 565. The molecule has 6 nitrogen and oxygen atoms in total. The van der Waals surface area contributed by atoms with Crippen molar-refractivity contribution in [2.45, 2.75) is 19.4 Å². The number of nitrogens with one attached hydrogen (secondary N) is 1. The van der Waals surface area contributed by atoms with Crippen molar-refractivity contribution < 1.29 is 4.79 Å². The van der Waals surface area contributed by atoms with Crippen molar-refractivity contribution in [3.8, 4) is 0 Å². The number of rotatable bonds is 7. The van der Waals surface area contributed by atoms with Gasteiger partial charge in [-0.3, -0.25) is 4.79 Å². The number of primary amides is 1. The van der Waals surface area contributed by atoms with Gasteiger partial charge in [-0.2, -0.15) is 0 Å². The van der Waals surface area contributed by atoms with Crippen molar-refractivity contribution in [1.29, 1.82) is 0 Å². The molecule has 1 aromatic heterocycles. The van der Waals surface area contributed by atoms with Crippen LogP contribution in [-0.4, -0.2) is 22.0 Å². The largest absolute Gasteiger partial charge is 0.397 e. The van der Waals surface area contributed by atoms with E-state index in [1.54, 1.807) is 24.4 Å². The molecular weight excluding hydrogens is 254 g/mol. The van der Waals surface area contributed by atoms with Gasteiger partial charge >= 0.3 is 0 Å². The number of nitrogens with two attached hydrogens (primary N) is 2. The molecule has 2 aromatic rings. The first-order valence-electron chi connectivity index (χ1n) is 6.56. The van der Waals surface area contributed by atoms with E-state index in [4.69, 9.17) is 11.5 Å². The van der Waals surface area contributed by atoms with Crippen LogP contribution >= 0.6 is 0 Å². The Morgan fingerprint density at radius 1 is 1.35 bits per heavy atom. The van der Waals surface area contributed by atoms with Gasteiger partial charge in [-0.05, 0) is 31.0 Å². The Kier molecular flexibility index (Phi) is 4.60. The van der Waals surface area contributed by atoms with Crippen LogP contribution < -0.4 is 16.8 Å². The second-order valence-corrected chi connectivity index (χ2v) is 4.60. The summed E-state index contributed by atoms with van der Waals surface area (Å²) in [5.74, 6) is -0.451. The van der Waals surface area contributed by atoms with Gasteiger partial charge in [-0.1, -0.05) is 0 Å². The lowest BCUT2D eigenvalue weighted by atomic mass is 10.1. The predicted octanol–water partition coefficient (Wildman–Crippen LogP) is 1.46. The maximum absolute atomic E-state index is 11.1. The summed E-state index contributed by atoms with van der Waals surface area (Å²) in [5, 5.41) is 3.23. The number of nitrogen functional groups attached to an aromatic ring is 1. The molecule has 1 amide bonds. The molecule has 2 rings (SSSR count). The van der Waals surface area contributed by atoms with Crippen molar-refractivity contribution in [2.75, 3.05) is 17.6 Å². The van der Waals surface area contributed by atoms with E-state index in [2.05, 4.69) is 10.3 Å². The summed E-state index contributed by atoms with van der Waals surface area (Å²) in [6, 6.07) is 5.00. The number of aromatic nitrogens is 2. The van der Waals surface area contributed by atoms with E-state index < -0.39 is 5.91 Å². The molecule has 0 atom stereocenters. The molecule has 0 unspecified atom stereocenters. The van der Waals surface area contributed by atoms with Gasteiger partial charge in [-0.15, -0.1) is 0 Å². The molecule has 6 heteroatoms. The molecular formula is C14H19N5O. The highest BCUT2D eigenvalue weighted by Gasteiger charge is 2.04. The summed E-state index contributed by atoms with van der Waals surface area (Å²) in [7, 11) is 0. The second-order valence-electron chi connectivity index (χ2n) is 4.60. The van der Waals surface area contributed by atoms with Crippen LogP contribution in [0, 0.1) is 0 Å². The van der Waals surface area contributed by atoms with Gasteiger partial charge in [0.1, 0.15) is 0 Å². The molecule has 0 aliphatic rings. The summed E-state index contributed by atoms with van der Waals surface area (Å²) < 4.78 is 2.04. The molecule has 0 radical (unpaired) electrons. The number of imidazole rings is 1. The van der Waals surface area contributed by atoms with Crippen molar-refractivity contribution in [1.82, 2.24) is 9.55 Å². The van der Waals surface area contributed by atoms with Crippen LogP contribution in [0.1, 0.15) is 23.2 Å². The van der Waals surface area contributed by atoms with E-state index in [1.807, 2.05) is 17.1 Å². The van der Waals surface area contributed by atoms with Crippen LogP contribution in [0.4, 0.5) is 11.4 Å². The van der Waals surface area contributed by atoms with Crippen LogP contribution in [0.25, 0.3) is 0 Å². The van der Waals surface area contributed by atoms with Crippen LogP contribution in [0.3, 0.4) is 0 Å². The van der Waals surface area contributed by atoms with Crippen LogP contribution in [0.2, 0.25) is 0 Å². The number of carbonyl (C=O) groups is 1. The van der Waals surface area contributed by atoms with E-state index in [9.17, 15) is 4.79 Å². The Labute approximate surface area is 117 Å². The first-order chi connectivity index (χ1) is 9.66. The monoisotopic (exact) mass is 273 g/mol. The highest BCUT2D eigenvalue weighted by Crippen LogP contribution is 2.19. The van der Waals surface area contributed by atoms with Crippen LogP contribution in [-0.2, 0) is 6.54 Å². The number of carbonyl (C=O) groups excluding carboxylic acids is 1. The van der Waals surface area contributed by atoms with Crippen molar-refractivity contribution in [3.63, 3.8) is 0 Å². The lowest BCUT2D eigenvalue weighted by Gasteiger charge is -2.10. The molecule has 20 heavy (non-hydrogen) atoms. The lowest BCUT2D eigenvalue weighted by Crippen LogP contribution is -2.12. The number of hydrogen-bond donors (Lipinski definition) is 3. The molecule has 0 fully saturated rings. The average molecular weight is 273 g/mol. The third-order valence-electron chi connectivity index (χ3n) is 3.06. The molecule has 1 heterocycles. The Hall–Kier alpha value is -2.50. The summed E-state index contributed by atoms with van der Waals surface area (Å²) in [6.07, 6.45) is 7.56. The van der Waals surface area contributed by atoms with Crippen molar-refractivity contribution in [2.24, 2.45) is 5.73 Å². The third-order valence-corrected chi connectivity index (χ3v) is 3.06. The molecule has 0 spiro atoms. The number of aryl methyl sites for hydroxylation is 1.